The number of hydrogen-bond donors (Lipinski definition) is 0. The smallest absolute Gasteiger partial charge is 0.237 e. The summed E-state index contributed by atoms with van der Waals surface area (Å²) in [6.45, 7) is 10.3. The Labute approximate surface area is 105 Å². The van der Waals surface area contributed by atoms with Gasteiger partial charge in [-0.05, 0) is 37.5 Å². The topological polar surface area (TPSA) is 21.7 Å². The molecular formula is C14H26N3+. The van der Waals surface area contributed by atoms with Crippen LogP contribution in [0.1, 0.15) is 53.0 Å². The van der Waals surface area contributed by atoms with E-state index in [9.17, 15) is 0 Å². The summed E-state index contributed by atoms with van der Waals surface area (Å²) in [5, 5.41) is 4.56. The molecule has 1 aromatic heterocycles. The third kappa shape index (κ3) is 2.70. The van der Waals surface area contributed by atoms with Gasteiger partial charge in [0, 0.05) is 5.10 Å². The van der Waals surface area contributed by atoms with Crippen LogP contribution in [0.5, 0.6) is 0 Å². The Kier molecular flexibility index (Phi) is 3.85. The summed E-state index contributed by atoms with van der Waals surface area (Å²) >= 11 is 0. The lowest BCUT2D eigenvalue weighted by atomic mass is 9.74. The molecule has 2 rings (SSSR count). The predicted octanol–water partition coefficient (Wildman–Crippen LogP) is 2.82. The number of aromatic nitrogens is 3. The molecule has 0 amide bonds. The maximum Gasteiger partial charge on any atom is 0.265 e. The molecule has 3 atom stereocenters. The first kappa shape index (κ1) is 12.6. The lowest BCUT2D eigenvalue weighted by Crippen LogP contribution is -2.33. The molecule has 1 fully saturated rings. The highest BCUT2D eigenvalue weighted by atomic mass is 15.4. The Hall–Kier alpha value is -0.860. The highest BCUT2D eigenvalue weighted by molar-refractivity contribution is 4.83. The van der Waals surface area contributed by atoms with Gasteiger partial charge in [0.05, 0.1) is 6.54 Å². The summed E-state index contributed by atoms with van der Waals surface area (Å²) in [7, 11) is 0. The molecule has 0 saturated heterocycles. The largest absolute Gasteiger partial charge is 0.265 e. The molecule has 1 aliphatic rings. The SMILES string of the molecule is CC[n+]1cnn(C2C[C@H](C)CCC2C(C)C)c1. The molecule has 3 nitrogen and oxygen atoms in total. The van der Waals surface area contributed by atoms with Crippen molar-refractivity contribution in [2.24, 2.45) is 17.8 Å². The second-order valence-electron chi connectivity index (χ2n) is 5.95. The van der Waals surface area contributed by atoms with Crippen molar-refractivity contribution in [2.45, 2.75) is 59.5 Å². The molecule has 0 aromatic carbocycles. The van der Waals surface area contributed by atoms with Crippen LogP contribution in [0.4, 0.5) is 0 Å². The summed E-state index contributed by atoms with van der Waals surface area (Å²) in [5.41, 5.74) is 0. The summed E-state index contributed by atoms with van der Waals surface area (Å²) in [4.78, 5) is 0. The highest BCUT2D eigenvalue weighted by Crippen LogP contribution is 2.40. The van der Waals surface area contributed by atoms with Gasteiger partial charge in [-0.3, -0.25) is 0 Å². The average Bonchev–Trinajstić information content (AvgIpc) is 2.76. The van der Waals surface area contributed by atoms with E-state index >= 15 is 0 Å². The molecule has 96 valence electrons. The van der Waals surface area contributed by atoms with E-state index in [4.69, 9.17) is 0 Å². The fourth-order valence-corrected chi connectivity index (χ4v) is 3.13. The van der Waals surface area contributed by atoms with Crippen LogP contribution in [-0.4, -0.2) is 9.78 Å². The fourth-order valence-electron chi connectivity index (χ4n) is 3.13. The van der Waals surface area contributed by atoms with Crippen molar-refractivity contribution < 1.29 is 4.57 Å². The Balaban J connectivity index is 2.19. The van der Waals surface area contributed by atoms with Crippen molar-refractivity contribution in [2.75, 3.05) is 0 Å². The van der Waals surface area contributed by atoms with E-state index in [1.807, 2.05) is 6.33 Å². The molecule has 2 unspecified atom stereocenters. The van der Waals surface area contributed by atoms with E-state index in [0.717, 1.165) is 24.3 Å². The molecule has 1 aliphatic carbocycles. The van der Waals surface area contributed by atoms with E-state index in [1.54, 1.807) is 0 Å². The van der Waals surface area contributed by atoms with E-state index in [0.29, 0.717) is 6.04 Å². The van der Waals surface area contributed by atoms with E-state index in [-0.39, 0.29) is 0 Å². The zero-order valence-corrected chi connectivity index (χ0v) is 11.6. The van der Waals surface area contributed by atoms with Gasteiger partial charge in [0.2, 0.25) is 6.33 Å². The van der Waals surface area contributed by atoms with Gasteiger partial charge in [0.1, 0.15) is 6.04 Å². The van der Waals surface area contributed by atoms with Crippen LogP contribution in [0.3, 0.4) is 0 Å². The van der Waals surface area contributed by atoms with Gasteiger partial charge < -0.3 is 0 Å². The van der Waals surface area contributed by atoms with Gasteiger partial charge in [0.15, 0.2) is 0 Å². The molecular weight excluding hydrogens is 210 g/mol. The van der Waals surface area contributed by atoms with Crippen molar-refractivity contribution in [1.82, 2.24) is 9.78 Å². The standard InChI is InChI=1S/C14H26N3/c1-5-16-9-15-17(10-16)14-8-12(4)6-7-13(14)11(2)3/h9-14H,5-8H2,1-4H3/q+1/t12-,13?,14?/m1/s1. The maximum absolute atomic E-state index is 4.56. The third-order valence-corrected chi connectivity index (χ3v) is 4.29. The number of nitrogens with zero attached hydrogens (tertiary/aromatic N) is 3. The Morgan fingerprint density at radius 3 is 2.76 bits per heavy atom. The minimum Gasteiger partial charge on any atom is -0.237 e. The van der Waals surface area contributed by atoms with Gasteiger partial charge in [-0.2, -0.15) is 0 Å². The molecule has 0 bridgehead atoms. The van der Waals surface area contributed by atoms with E-state index in [1.165, 1.54) is 19.3 Å². The van der Waals surface area contributed by atoms with Crippen molar-refractivity contribution in [1.29, 1.82) is 0 Å². The first-order valence-electron chi connectivity index (χ1n) is 7.05. The van der Waals surface area contributed by atoms with E-state index in [2.05, 4.69) is 48.4 Å². The first-order valence-corrected chi connectivity index (χ1v) is 7.05. The van der Waals surface area contributed by atoms with Gasteiger partial charge in [0.25, 0.3) is 6.33 Å². The monoisotopic (exact) mass is 236 g/mol. The van der Waals surface area contributed by atoms with Crippen LogP contribution in [0, 0.1) is 17.8 Å². The molecule has 0 N–H and O–H groups in total. The van der Waals surface area contributed by atoms with Crippen molar-refractivity contribution in [3.05, 3.63) is 12.7 Å². The molecule has 0 radical (unpaired) electrons. The average molecular weight is 236 g/mol. The molecule has 1 saturated carbocycles. The van der Waals surface area contributed by atoms with E-state index < -0.39 is 0 Å². The third-order valence-electron chi connectivity index (χ3n) is 4.29. The fraction of sp³-hybridized carbons (Fsp3) is 0.857. The van der Waals surface area contributed by atoms with Crippen molar-refractivity contribution in [3.63, 3.8) is 0 Å². The Morgan fingerprint density at radius 1 is 1.41 bits per heavy atom. The molecule has 1 aromatic rings. The summed E-state index contributed by atoms with van der Waals surface area (Å²) in [6, 6.07) is 0.603. The van der Waals surface area contributed by atoms with Crippen molar-refractivity contribution in [3.8, 4) is 0 Å². The first-order chi connectivity index (χ1) is 8.11. The van der Waals surface area contributed by atoms with Crippen LogP contribution in [0.2, 0.25) is 0 Å². The van der Waals surface area contributed by atoms with Crippen LogP contribution < -0.4 is 4.57 Å². The Morgan fingerprint density at radius 2 is 2.18 bits per heavy atom. The zero-order valence-electron chi connectivity index (χ0n) is 11.6. The van der Waals surface area contributed by atoms with Gasteiger partial charge in [-0.25, -0.2) is 4.57 Å². The van der Waals surface area contributed by atoms with Crippen LogP contribution in [-0.2, 0) is 6.54 Å². The van der Waals surface area contributed by atoms with Gasteiger partial charge >= 0.3 is 0 Å². The van der Waals surface area contributed by atoms with Crippen LogP contribution in [0.15, 0.2) is 12.7 Å². The summed E-state index contributed by atoms with van der Waals surface area (Å²) < 4.78 is 4.38. The highest BCUT2D eigenvalue weighted by Gasteiger charge is 2.35. The number of aryl methyl sites for hydroxylation is 1. The quantitative estimate of drug-likeness (QED) is 0.740. The Bertz CT molecular complexity index is 356. The summed E-state index contributed by atoms with van der Waals surface area (Å²) in [6.07, 6.45) is 8.16. The molecule has 0 spiro atoms. The second-order valence-corrected chi connectivity index (χ2v) is 5.95. The molecule has 0 aliphatic heterocycles. The normalized spacial score (nSPS) is 29.8. The minimum atomic E-state index is 0.603. The molecule has 3 heteroatoms. The van der Waals surface area contributed by atoms with Crippen LogP contribution >= 0.6 is 0 Å². The predicted molar refractivity (Wildman–Crippen MR) is 68.5 cm³/mol. The lowest BCUT2D eigenvalue weighted by Gasteiger charge is -2.34. The number of hydrogen-bond acceptors (Lipinski definition) is 1. The molecule has 17 heavy (non-hydrogen) atoms. The van der Waals surface area contributed by atoms with Gasteiger partial charge in [-0.15, -0.1) is 4.68 Å². The molecule has 1 heterocycles. The zero-order chi connectivity index (χ0) is 12.4. The van der Waals surface area contributed by atoms with Crippen LogP contribution in [0.25, 0.3) is 0 Å². The maximum atomic E-state index is 4.56. The van der Waals surface area contributed by atoms with Gasteiger partial charge in [-0.1, -0.05) is 27.2 Å². The minimum absolute atomic E-state index is 0.603. The van der Waals surface area contributed by atoms with Crippen molar-refractivity contribution >= 4 is 0 Å². The summed E-state index contributed by atoms with van der Waals surface area (Å²) in [5.74, 6) is 2.39. The second kappa shape index (κ2) is 5.19. The lowest BCUT2D eigenvalue weighted by molar-refractivity contribution is -0.694. The number of rotatable bonds is 3.